The van der Waals surface area contributed by atoms with Crippen LogP contribution in [-0.4, -0.2) is 43.4 Å². The van der Waals surface area contributed by atoms with E-state index in [1.807, 2.05) is 26.8 Å². The van der Waals surface area contributed by atoms with Crippen molar-refractivity contribution in [1.82, 2.24) is 30.2 Å². The monoisotopic (exact) mass is 568 g/mol. The molecule has 41 heavy (non-hydrogen) atoms. The summed E-state index contributed by atoms with van der Waals surface area (Å²) in [6.45, 7) is 5.74. The first-order valence-corrected chi connectivity index (χ1v) is 14.6. The first kappa shape index (κ1) is 28.9. The lowest BCUT2D eigenvalue weighted by atomic mass is 9.81. The number of nitrogens with zero attached hydrogens (tertiary/aromatic N) is 4. The zero-order valence-corrected chi connectivity index (χ0v) is 23.8. The quantitative estimate of drug-likeness (QED) is 0.313. The maximum absolute atomic E-state index is 14.0. The molecule has 220 valence electrons. The van der Waals surface area contributed by atoms with E-state index >= 15 is 0 Å². The number of nitrogens with one attached hydrogen (secondary N) is 2. The van der Waals surface area contributed by atoms with Crippen molar-refractivity contribution < 1.29 is 23.1 Å². The third-order valence-electron chi connectivity index (χ3n) is 7.79. The Labute approximate surface area is 238 Å². The van der Waals surface area contributed by atoms with E-state index in [2.05, 4.69) is 20.7 Å². The number of alkyl halides is 2. The van der Waals surface area contributed by atoms with Crippen molar-refractivity contribution in [2.45, 2.75) is 96.2 Å². The lowest BCUT2D eigenvalue weighted by molar-refractivity contribution is -0.122. The van der Waals surface area contributed by atoms with Gasteiger partial charge >= 0.3 is 0 Å². The summed E-state index contributed by atoms with van der Waals surface area (Å²) in [7, 11) is 0. The number of amides is 2. The largest absolute Gasteiger partial charge is 0.489 e. The van der Waals surface area contributed by atoms with Gasteiger partial charge in [-0.2, -0.15) is 5.10 Å². The molecule has 0 bridgehead atoms. The van der Waals surface area contributed by atoms with Crippen LogP contribution in [0.3, 0.4) is 0 Å². The number of aromatic nitrogens is 4. The summed E-state index contributed by atoms with van der Waals surface area (Å²) in [6, 6.07) is 2.81. The number of carbonyl (C=O) groups excluding carboxylic acids is 2. The number of ether oxygens (including phenoxy) is 1. The molecule has 2 N–H and O–H groups in total. The molecule has 0 aromatic carbocycles. The molecule has 11 heteroatoms. The maximum Gasteiger partial charge on any atom is 0.253 e. The van der Waals surface area contributed by atoms with E-state index in [9.17, 15) is 18.4 Å². The summed E-state index contributed by atoms with van der Waals surface area (Å²) in [5, 5.41) is 10.8. The van der Waals surface area contributed by atoms with Crippen molar-refractivity contribution >= 4 is 17.5 Å². The first-order chi connectivity index (χ1) is 19.6. The summed E-state index contributed by atoms with van der Waals surface area (Å²) >= 11 is 0. The zero-order chi connectivity index (χ0) is 29.1. The highest BCUT2D eigenvalue weighted by atomic mass is 19.3. The molecule has 0 aliphatic heterocycles. The summed E-state index contributed by atoms with van der Waals surface area (Å²) < 4.78 is 35.4. The average molecular weight is 569 g/mol. The summed E-state index contributed by atoms with van der Waals surface area (Å²) in [6.07, 6.45) is 9.77. The van der Waals surface area contributed by atoms with Crippen molar-refractivity contribution in [2.24, 2.45) is 11.8 Å². The van der Waals surface area contributed by atoms with Crippen LogP contribution in [0.1, 0.15) is 106 Å². The van der Waals surface area contributed by atoms with Crippen LogP contribution in [0.2, 0.25) is 0 Å². The van der Waals surface area contributed by atoms with Crippen LogP contribution in [0.15, 0.2) is 36.9 Å². The molecule has 0 radical (unpaired) electrons. The second kappa shape index (κ2) is 12.1. The van der Waals surface area contributed by atoms with Gasteiger partial charge in [0.1, 0.15) is 5.75 Å². The molecule has 9 nitrogen and oxygen atoms in total. The number of hydrogen-bond donors (Lipinski definition) is 2. The Morgan fingerprint density at radius 1 is 1.05 bits per heavy atom. The minimum atomic E-state index is -2.70. The van der Waals surface area contributed by atoms with Gasteiger partial charge in [-0.15, -0.1) is 0 Å². The van der Waals surface area contributed by atoms with E-state index in [4.69, 9.17) is 9.72 Å². The predicted octanol–water partition coefficient (Wildman–Crippen LogP) is 5.58. The molecular formula is C30H38F2N6O3. The summed E-state index contributed by atoms with van der Waals surface area (Å²) in [5.41, 5.74) is 2.32. The number of fused-ring (bicyclic) bond motifs is 1. The fourth-order valence-electron chi connectivity index (χ4n) is 5.54. The van der Waals surface area contributed by atoms with Gasteiger partial charge < -0.3 is 15.4 Å². The Balaban J connectivity index is 1.42. The van der Waals surface area contributed by atoms with E-state index in [1.54, 1.807) is 29.2 Å². The molecule has 2 aliphatic carbocycles. The Kier molecular flexibility index (Phi) is 8.51. The molecule has 3 aromatic heterocycles. The average Bonchev–Trinajstić information content (AvgIpc) is 3.68. The molecule has 3 heterocycles. The number of halogens is 2. The minimum Gasteiger partial charge on any atom is -0.489 e. The van der Waals surface area contributed by atoms with Gasteiger partial charge in [-0.05, 0) is 75.5 Å². The van der Waals surface area contributed by atoms with Gasteiger partial charge in [0, 0.05) is 25.5 Å². The van der Waals surface area contributed by atoms with Crippen molar-refractivity contribution in [1.29, 1.82) is 0 Å². The van der Waals surface area contributed by atoms with Crippen molar-refractivity contribution in [3.63, 3.8) is 0 Å². The van der Waals surface area contributed by atoms with Crippen molar-refractivity contribution in [2.75, 3.05) is 0 Å². The highest BCUT2D eigenvalue weighted by molar-refractivity contribution is 5.94. The fraction of sp³-hybridized carbons (Fsp3) is 0.567. The highest BCUT2D eigenvalue weighted by Gasteiger charge is 2.39. The number of hydrogen-bond acceptors (Lipinski definition) is 6. The van der Waals surface area contributed by atoms with Gasteiger partial charge in [0.15, 0.2) is 5.65 Å². The molecule has 2 atom stereocenters. The van der Waals surface area contributed by atoms with Crippen LogP contribution in [0.4, 0.5) is 8.78 Å². The third kappa shape index (κ3) is 7.18. The van der Waals surface area contributed by atoms with E-state index in [-0.39, 0.29) is 55.6 Å². The SMILES string of the molecule is CCCC(=O)N[C@@H](c1cnn2cc([C@@H](NC(=O)c3cncc(OC(C)C)c3)C3CCC(F)(F)CC3)nc2c1)C1CC1. The lowest BCUT2D eigenvalue weighted by Gasteiger charge is -2.33. The number of rotatable bonds is 11. The molecule has 2 saturated carbocycles. The minimum absolute atomic E-state index is 0.0162. The van der Waals surface area contributed by atoms with E-state index in [1.165, 1.54) is 6.20 Å². The highest BCUT2D eigenvalue weighted by Crippen LogP contribution is 2.42. The zero-order valence-electron chi connectivity index (χ0n) is 23.8. The van der Waals surface area contributed by atoms with Gasteiger partial charge in [-0.1, -0.05) is 6.92 Å². The normalized spacial score (nSPS) is 18.7. The molecule has 0 unspecified atom stereocenters. The van der Waals surface area contributed by atoms with Crippen molar-refractivity contribution in [3.8, 4) is 5.75 Å². The molecule has 0 spiro atoms. The predicted molar refractivity (Wildman–Crippen MR) is 149 cm³/mol. The van der Waals surface area contributed by atoms with Gasteiger partial charge in [-0.25, -0.2) is 18.3 Å². The van der Waals surface area contributed by atoms with Crippen LogP contribution in [0.25, 0.3) is 5.65 Å². The maximum atomic E-state index is 14.0. The van der Waals surface area contributed by atoms with Crippen LogP contribution in [-0.2, 0) is 4.79 Å². The third-order valence-corrected chi connectivity index (χ3v) is 7.79. The molecule has 2 fully saturated rings. The number of imidazole rings is 1. The second-order valence-corrected chi connectivity index (χ2v) is 11.6. The van der Waals surface area contributed by atoms with Crippen molar-refractivity contribution in [3.05, 3.63) is 53.7 Å². The lowest BCUT2D eigenvalue weighted by Crippen LogP contribution is -2.37. The fourth-order valence-corrected chi connectivity index (χ4v) is 5.54. The molecule has 2 amide bonds. The van der Waals surface area contributed by atoms with Crippen LogP contribution >= 0.6 is 0 Å². The number of carbonyl (C=O) groups is 2. The smallest absolute Gasteiger partial charge is 0.253 e. The Bertz CT molecular complexity index is 1380. The van der Waals surface area contributed by atoms with Gasteiger partial charge in [0.05, 0.1) is 48.0 Å². The van der Waals surface area contributed by atoms with E-state index in [0.717, 1.165) is 24.8 Å². The summed E-state index contributed by atoms with van der Waals surface area (Å²) in [4.78, 5) is 34.7. The van der Waals surface area contributed by atoms with Gasteiger partial charge in [-0.3, -0.25) is 14.6 Å². The number of pyridine rings is 1. The molecule has 2 aliphatic rings. The first-order valence-electron chi connectivity index (χ1n) is 14.6. The van der Waals surface area contributed by atoms with Crippen LogP contribution in [0.5, 0.6) is 5.75 Å². The van der Waals surface area contributed by atoms with E-state index in [0.29, 0.717) is 35.0 Å². The molecule has 0 saturated heterocycles. The van der Waals surface area contributed by atoms with Gasteiger partial charge in [0.2, 0.25) is 11.8 Å². The molecular weight excluding hydrogens is 530 g/mol. The summed E-state index contributed by atoms with van der Waals surface area (Å²) in [5.74, 6) is -2.45. The second-order valence-electron chi connectivity index (χ2n) is 11.6. The van der Waals surface area contributed by atoms with Crippen LogP contribution in [0, 0.1) is 11.8 Å². The van der Waals surface area contributed by atoms with Gasteiger partial charge in [0.25, 0.3) is 5.91 Å². The molecule has 5 rings (SSSR count). The topological polar surface area (TPSA) is 111 Å². The Hall–Kier alpha value is -3.63. The Morgan fingerprint density at radius 2 is 1.78 bits per heavy atom. The standard InChI is InChI=1S/C30H38F2N6O3/c1-4-5-26(39)36-27(19-6-7-19)21-13-25-35-24(17-38(25)34-15-21)28(20-8-10-30(31,32)11-9-20)37-29(40)22-12-23(16-33-14-22)41-18(2)3/h12-20,27-28H,4-11H2,1-3H3,(H,36,39)(H,37,40)/t27-,28+/m1/s1. The van der Waals surface area contributed by atoms with E-state index < -0.39 is 12.0 Å². The molecule has 3 aromatic rings. The van der Waals surface area contributed by atoms with Crippen LogP contribution < -0.4 is 15.4 Å². The Morgan fingerprint density at radius 3 is 2.46 bits per heavy atom.